The van der Waals surface area contributed by atoms with Crippen molar-refractivity contribution < 1.29 is 14.6 Å². The van der Waals surface area contributed by atoms with Crippen LogP contribution in [0, 0.1) is 0 Å². The summed E-state index contributed by atoms with van der Waals surface area (Å²) in [5.74, 6) is 0.941. The average molecular weight is 340 g/mol. The number of methoxy groups -OCH3 is 2. The van der Waals surface area contributed by atoms with Crippen molar-refractivity contribution in [2.24, 2.45) is 0 Å². The first-order chi connectivity index (χ1) is 12.0. The fourth-order valence-corrected chi connectivity index (χ4v) is 2.63. The van der Waals surface area contributed by atoms with Crippen LogP contribution >= 0.6 is 0 Å². The SMILES string of the molecule is COc1cc(O)cc(-n2nncc2-c2ccc(N(C)C)cc2)c1OC. The van der Waals surface area contributed by atoms with Crippen LogP contribution in [0.3, 0.4) is 0 Å². The zero-order valence-corrected chi connectivity index (χ0v) is 14.6. The van der Waals surface area contributed by atoms with Gasteiger partial charge in [-0.3, -0.25) is 0 Å². The zero-order chi connectivity index (χ0) is 18.0. The Kier molecular flexibility index (Phi) is 4.47. The Morgan fingerprint density at radius 2 is 1.76 bits per heavy atom. The first-order valence-corrected chi connectivity index (χ1v) is 7.69. The Morgan fingerprint density at radius 1 is 1.04 bits per heavy atom. The van der Waals surface area contributed by atoms with Crippen molar-refractivity contribution in [3.63, 3.8) is 0 Å². The van der Waals surface area contributed by atoms with Crippen molar-refractivity contribution in [3.8, 4) is 34.2 Å². The molecule has 0 saturated heterocycles. The molecule has 0 fully saturated rings. The summed E-state index contributed by atoms with van der Waals surface area (Å²) in [7, 11) is 7.04. The Hall–Kier alpha value is -3.22. The third-order valence-corrected chi connectivity index (χ3v) is 3.90. The molecule has 0 amide bonds. The van der Waals surface area contributed by atoms with E-state index in [-0.39, 0.29) is 5.75 Å². The number of benzene rings is 2. The van der Waals surface area contributed by atoms with E-state index in [1.54, 1.807) is 24.1 Å². The molecule has 0 spiro atoms. The van der Waals surface area contributed by atoms with Gasteiger partial charge < -0.3 is 19.5 Å². The molecular formula is C18H20N4O3. The van der Waals surface area contributed by atoms with Crippen molar-refractivity contribution in [2.45, 2.75) is 0 Å². The van der Waals surface area contributed by atoms with E-state index in [2.05, 4.69) is 10.3 Å². The highest BCUT2D eigenvalue weighted by Crippen LogP contribution is 2.38. The maximum Gasteiger partial charge on any atom is 0.186 e. The maximum atomic E-state index is 10.0. The standard InChI is InChI=1S/C18H20N4O3/c1-21(2)13-7-5-12(6-8-13)16-11-19-20-22(16)15-9-14(23)10-17(24-3)18(15)25-4/h5-11,23H,1-4H3. The van der Waals surface area contributed by atoms with Gasteiger partial charge in [-0.25, -0.2) is 4.68 Å². The number of hydrogen-bond donors (Lipinski definition) is 1. The summed E-state index contributed by atoms with van der Waals surface area (Å²) in [4.78, 5) is 2.03. The van der Waals surface area contributed by atoms with Crippen LogP contribution in [-0.2, 0) is 0 Å². The molecular weight excluding hydrogens is 320 g/mol. The predicted octanol–water partition coefficient (Wildman–Crippen LogP) is 2.72. The van der Waals surface area contributed by atoms with Gasteiger partial charge in [0.05, 0.1) is 26.1 Å². The molecule has 0 bridgehead atoms. The summed E-state index contributed by atoms with van der Waals surface area (Å²) in [5.41, 5.74) is 3.36. The molecule has 0 saturated carbocycles. The molecule has 0 radical (unpaired) electrons. The van der Waals surface area contributed by atoms with Crippen LogP contribution in [0.2, 0.25) is 0 Å². The number of rotatable bonds is 5. The second-order valence-corrected chi connectivity index (χ2v) is 5.67. The molecule has 7 heteroatoms. The van der Waals surface area contributed by atoms with E-state index < -0.39 is 0 Å². The number of nitrogens with zero attached hydrogens (tertiary/aromatic N) is 4. The highest BCUT2D eigenvalue weighted by atomic mass is 16.5. The fraction of sp³-hybridized carbons (Fsp3) is 0.222. The second kappa shape index (κ2) is 6.72. The van der Waals surface area contributed by atoms with E-state index in [1.165, 1.54) is 13.2 Å². The van der Waals surface area contributed by atoms with E-state index >= 15 is 0 Å². The molecule has 1 N–H and O–H groups in total. The number of ether oxygens (including phenoxy) is 2. The predicted molar refractivity (Wildman–Crippen MR) is 95.9 cm³/mol. The van der Waals surface area contributed by atoms with Crippen molar-refractivity contribution in [1.82, 2.24) is 15.0 Å². The normalized spacial score (nSPS) is 10.6. The lowest BCUT2D eigenvalue weighted by atomic mass is 10.1. The van der Waals surface area contributed by atoms with E-state index in [0.29, 0.717) is 17.2 Å². The molecule has 25 heavy (non-hydrogen) atoms. The number of aromatic hydroxyl groups is 1. The van der Waals surface area contributed by atoms with Crippen molar-refractivity contribution in [1.29, 1.82) is 0 Å². The molecule has 130 valence electrons. The Morgan fingerprint density at radius 3 is 2.36 bits per heavy atom. The number of anilines is 1. The van der Waals surface area contributed by atoms with E-state index in [9.17, 15) is 5.11 Å². The largest absolute Gasteiger partial charge is 0.508 e. The number of phenolic OH excluding ortho intramolecular Hbond substituents is 1. The highest BCUT2D eigenvalue weighted by molar-refractivity contribution is 5.67. The van der Waals surface area contributed by atoms with E-state index in [4.69, 9.17) is 9.47 Å². The van der Waals surface area contributed by atoms with Gasteiger partial charge in [-0.1, -0.05) is 17.3 Å². The smallest absolute Gasteiger partial charge is 0.186 e. The molecule has 1 heterocycles. The third-order valence-electron chi connectivity index (χ3n) is 3.90. The Labute approximate surface area is 146 Å². The molecule has 3 aromatic rings. The average Bonchev–Trinajstić information content (AvgIpc) is 3.10. The molecule has 0 aliphatic carbocycles. The van der Waals surface area contributed by atoms with Crippen LogP contribution in [0.4, 0.5) is 5.69 Å². The number of hydrogen-bond acceptors (Lipinski definition) is 6. The number of phenols is 1. The van der Waals surface area contributed by atoms with Crippen LogP contribution in [0.25, 0.3) is 16.9 Å². The lowest BCUT2D eigenvalue weighted by molar-refractivity contribution is 0.349. The van der Waals surface area contributed by atoms with Crippen LogP contribution in [0.15, 0.2) is 42.6 Å². The summed E-state index contributed by atoms with van der Waals surface area (Å²) in [6.07, 6.45) is 1.67. The number of aromatic nitrogens is 3. The monoisotopic (exact) mass is 340 g/mol. The van der Waals surface area contributed by atoms with Crippen LogP contribution in [-0.4, -0.2) is 48.4 Å². The topological polar surface area (TPSA) is 72.6 Å². The van der Waals surface area contributed by atoms with Crippen LogP contribution in [0.5, 0.6) is 17.2 Å². The minimum atomic E-state index is 0.0528. The summed E-state index contributed by atoms with van der Waals surface area (Å²) in [5, 5.41) is 18.2. The van der Waals surface area contributed by atoms with Crippen LogP contribution in [0.1, 0.15) is 0 Å². The summed E-state index contributed by atoms with van der Waals surface area (Å²) in [6, 6.07) is 11.1. The second-order valence-electron chi connectivity index (χ2n) is 5.67. The minimum Gasteiger partial charge on any atom is -0.508 e. The van der Waals surface area contributed by atoms with Crippen molar-refractivity contribution >= 4 is 5.69 Å². The van der Waals surface area contributed by atoms with E-state index in [1.807, 2.05) is 43.3 Å². The van der Waals surface area contributed by atoms with Gasteiger partial charge >= 0.3 is 0 Å². The third kappa shape index (κ3) is 3.08. The van der Waals surface area contributed by atoms with Gasteiger partial charge in [0.2, 0.25) is 0 Å². The Bertz CT molecular complexity index is 873. The lowest BCUT2D eigenvalue weighted by Crippen LogP contribution is -2.08. The maximum absolute atomic E-state index is 10.0. The first kappa shape index (κ1) is 16.6. The van der Waals surface area contributed by atoms with E-state index in [0.717, 1.165) is 16.9 Å². The fourth-order valence-electron chi connectivity index (χ4n) is 2.63. The summed E-state index contributed by atoms with van der Waals surface area (Å²) >= 11 is 0. The molecule has 1 aromatic heterocycles. The molecule has 0 unspecified atom stereocenters. The van der Waals surface area contributed by atoms with Gasteiger partial charge in [0, 0.05) is 37.5 Å². The van der Waals surface area contributed by atoms with Gasteiger partial charge in [0.15, 0.2) is 11.5 Å². The minimum absolute atomic E-state index is 0.0528. The van der Waals surface area contributed by atoms with Gasteiger partial charge in [-0.05, 0) is 12.1 Å². The zero-order valence-electron chi connectivity index (χ0n) is 14.6. The highest BCUT2D eigenvalue weighted by Gasteiger charge is 2.18. The summed E-state index contributed by atoms with van der Waals surface area (Å²) < 4.78 is 12.4. The molecule has 7 nitrogen and oxygen atoms in total. The first-order valence-electron chi connectivity index (χ1n) is 7.69. The van der Waals surface area contributed by atoms with Gasteiger partial charge in [0.25, 0.3) is 0 Å². The quantitative estimate of drug-likeness (QED) is 0.770. The molecule has 3 rings (SSSR count). The Balaban J connectivity index is 2.13. The van der Waals surface area contributed by atoms with Crippen LogP contribution < -0.4 is 14.4 Å². The summed E-state index contributed by atoms with van der Waals surface area (Å²) in [6.45, 7) is 0. The van der Waals surface area contributed by atoms with Crippen molar-refractivity contribution in [3.05, 3.63) is 42.6 Å². The molecule has 0 aliphatic heterocycles. The van der Waals surface area contributed by atoms with Gasteiger partial charge in [-0.2, -0.15) is 0 Å². The molecule has 0 atom stereocenters. The molecule has 0 aliphatic rings. The lowest BCUT2D eigenvalue weighted by Gasteiger charge is -2.15. The molecule has 2 aromatic carbocycles. The van der Waals surface area contributed by atoms with Gasteiger partial charge in [0.1, 0.15) is 11.4 Å². The van der Waals surface area contributed by atoms with Crippen molar-refractivity contribution in [2.75, 3.05) is 33.2 Å². The van der Waals surface area contributed by atoms with Gasteiger partial charge in [-0.15, -0.1) is 5.10 Å².